The molecule has 0 aliphatic carbocycles. The predicted molar refractivity (Wildman–Crippen MR) is 53.3 cm³/mol. The molecule has 1 aliphatic rings. The average molecular weight is 215 g/mol. The van der Waals surface area contributed by atoms with E-state index in [4.69, 9.17) is 9.84 Å². The second-order valence-corrected chi connectivity index (χ2v) is 3.96. The lowest BCUT2D eigenvalue weighted by Gasteiger charge is -2.15. The lowest BCUT2D eigenvalue weighted by molar-refractivity contribution is -0.141. The Hall–Kier alpha value is -1.10. The summed E-state index contributed by atoms with van der Waals surface area (Å²) in [5.41, 5.74) is 0. The van der Waals surface area contributed by atoms with Gasteiger partial charge in [0.1, 0.15) is 0 Å². The molecule has 5 nitrogen and oxygen atoms in total. The number of carbonyl (C=O) groups excluding carboxylic acids is 1. The van der Waals surface area contributed by atoms with Crippen LogP contribution in [0.15, 0.2) is 0 Å². The molecular weight excluding hydrogens is 198 g/mol. The van der Waals surface area contributed by atoms with Crippen LogP contribution < -0.4 is 5.32 Å². The molecule has 0 aromatic carbocycles. The molecule has 0 bridgehead atoms. The lowest BCUT2D eigenvalue weighted by Crippen LogP contribution is -2.38. The van der Waals surface area contributed by atoms with Gasteiger partial charge in [-0.2, -0.15) is 0 Å². The number of amides is 1. The number of ether oxygens (including phenoxy) is 1. The van der Waals surface area contributed by atoms with Crippen molar-refractivity contribution in [3.8, 4) is 0 Å². The standard InChI is InChI=1S/C10H17NO4/c1-6(10(13)14)5-11-9(12)8-3-4-15-7(8)2/h6-8H,3-5H2,1-2H3,(H,11,12)(H,13,14). The molecule has 3 unspecified atom stereocenters. The van der Waals surface area contributed by atoms with E-state index >= 15 is 0 Å². The van der Waals surface area contributed by atoms with Crippen molar-refractivity contribution < 1.29 is 19.4 Å². The number of hydrogen-bond acceptors (Lipinski definition) is 3. The van der Waals surface area contributed by atoms with Gasteiger partial charge in [0, 0.05) is 13.2 Å². The van der Waals surface area contributed by atoms with E-state index in [0.29, 0.717) is 13.0 Å². The predicted octanol–water partition coefficient (Wildman–Crippen LogP) is 0.248. The number of carboxylic acids is 1. The molecular formula is C10H17NO4. The topological polar surface area (TPSA) is 75.6 Å². The zero-order valence-corrected chi connectivity index (χ0v) is 9.03. The summed E-state index contributed by atoms with van der Waals surface area (Å²) in [5, 5.41) is 11.3. The highest BCUT2D eigenvalue weighted by molar-refractivity contribution is 5.80. The van der Waals surface area contributed by atoms with Crippen molar-refractivity contribution >= 4 is 11.9 Å². The minimum absolute atomic E-state index is 0.0647. The van der Waals surface area contributed by atoms with Gasteiger partial charge in [-0.25, -0.2) is 0 Å². The Morgan fingerprint density at radius 2 is 2.27 bits per heavy atom. The van der Waals surface area contributed by atoms with Crippen LogP contribution >= 0.6 is 0 Å². The van der Waals surface area contributed by atoms with E-state index in [1.165, 1.54) is 0 Å². The summed E-state index contributed by atoms with van der Waals surface area (Å²) in [6.45, 7) is 4.21. The van der Waals surface area contributed by atoms with E-state index in [1.54, 1.807) is 6.92 Å². The molecule has 1 heterocycles. The summed E-state index contributed by atoms with van der Waals surface area (Å²) in [7, 11) is 0. The molecule has 15 heavy (non-hydrogen) atoms. The average Bonchev–Trinajstić information content (AvgIpc) is 2.60. The molecule has 1 aliphatic heterocycles. The fourth-order valence-electron chi connectivity index (χ4n) is 1.55. The van der Waals surface area contributed by atoms with Crippen LogP contribution in [0.2, 0.25) is 0 Å². The molecule has 0 aromatic rings. The molecule has 1 saturated heterocycles. The minimum Gasteiger partial charge on any atom is -0.481 e. The smallest absolute Gasteiger partial charge is 0.308 e. The van der Waals surface area contributed by atoms with Crippen molar-refractivity contribution in [2.75, 3.05) is 13.2 Å². The number of hydrogen-bond donors (Lipinski definition) is 2. The number of rotatable bonds is 4. The van der Waals surface area contributed by atoms with Gasteiger partial charge in [-0.15, -0.1) is 0 Å². The highest BCUT2D eigenvalue weighted by atomic mass is 16.5. The second kappa shape index (κ2) is 5.11. The van der Waals surface area contributed by atoms with Gasteiger partial charge >= 0.3 is 5.97 Å². The van der Waals surface area contributed by atoms with Gasteiger partial charge in [0.15, 0.2) is 0 Å². The Kier molecular flexibility index (Phi) is 4.08. The Labute approximate surface area is 88.8 Å². The maximum absolute atomic E-state index is 11.6. The molecule has 2 N–H and O–H groups in total. The van der Waals surface area contributed by atoms with Gasteiger partial charge in [0.25, 0.3) is 0 Å². The van der Waals surface area contributed by atoms with Crippen LogP contribution in [-0.4, -0.2) is 36.2 Å². The molecule has 3 atom stereocenters. The van der Waals surface area contributed by atoms with Crippen LogP contribution in [0.4, 0.5) is 0 Å². The molecule has 1 rings (SSSR count). The number of carboxylic acid groups (broad SMARTS) is 1. The summed E-state index contributed by atoms with van der Waals surface area (Å²) in [6, 6.07) is 0. The second-order valence-electron chi connectivity index (χ2n) is 3.96. The van der Waals surface area contributed by atoms with E-state index in [0.717, 1.165) is 0 Å². The fourth-order valence-corrected chi connectivity index (χ4v) is 1.55. The van der Waals surface area contributed by atoms with Crippen molar-refractivity contribution in [2.24, 2.45) is 11.8 Å². The monoisotopic (exact) mass is 215 g/mol. The number of carbonyl (C=O) groups is 2. The van der Waals surface area contributed by atoms with Gasteiger partial charge in [-0.3, -0.25) is 9.59 Å². The highest BCUT2D eigenvalue weighted by Gasteiger charge is 2.30. The van der Waals surface area contributed by atoms with Gasteiger partial charge in [0.2, 0.25) is 5.91 Å². The van der Waals surface area contributed by atoms with Crippen LogP contribution in [0.25, 0.3) is 0 Å². The number of nitrogens with one attached hydrogen (secondary N) is 1. The zero-order chi connectivity index (χ0) is 11.4. The molecule has 0 aromatic heterocycles. The van der Waals surface area contributed by atoms with Crippen LogP contribution in [0.5, 0.6) is 0 Å². The molecule has 0 radical (unpaired) electrons. The molecule has 1 amide bonds. The molecule has 86 valence electrons. The SMILES string of the molecule is CC(CNC(=O)C1CCOC1C)C(=O)O. The molecule has 0 saturated carbocycles. The van der Waals surface area contributed by atoms with E-state index < -0.39 is 11.9 Å². The van der Waals surface area contributed by atoms with E-state index in [-0.39, 0.29) is 24.5 Å². The van der Waals surface area contributed by atoms with Crippen LogP contribution in [0, 0.1) is 11.8 Å². The summed E-state index contributed by atoms with van der Waals surface area (Å²) < 4.78 is 5.26. The quantitative estimate of drug-likeness (QED) is 0.704. The normalized spacial score (nSPS) is 27.3. The first-order valence-electron chi connectivity index (χ1n) is 5.14. The third kappa shape index (κ3) is 3.20. The summed E-state index contributed by atoms with van der Waals surface area (Å²) in [5.74, 6) is -1.68. The third-order valence-electron chi connectivity index (χ3n) is 2.72. The third-order valence-corrected chi connectivity index (χ3v) is 2.72. The van der Waals surface area contributed by atoms with Crippen LogP contribution in [0.3, 0.4) is 0 Å². The summed E-state index contributed by atoms with van der Waals surface area (Å²) in [4.78, 5) is 22.1. The molecule has 1 fully saturated rings. The first-order valence-corrected chi connectivity index (χ1v) is 5.14. The molecule has 0 spiro atoms. The fraction of sp³-hybridized carbons (Fsp3) is 0.800. The largest absolute Gasteiger partial charge is 0.481 e. The zero-order valence-electron chi connectivity index (χ0n) is 9.03. The van der Waals surface area contributed by atoms with Crippen molar-refractivity contribution in [2.45, 2.75) is 26.4 Å². The highest BCUT2D eigenvalue weighted by Crippen LogP contribution is 2.20. The maximum atomic E-state index is 11.6. The van der Waals surface area contributed by atoms with Gasteiger partial charge in [0.05, 0.1) is 17.9 Å². The van der Waals surface area contributed by atoms with Crippen molar-refractivity contribution in [1.82, 2.24) is 5.32 Å². The first-order chi connectivity index (χ1) is 7.02. The Morgan fingerprint density at radius 1 is 1.60 bits per heavy atom. The van der Waals surface area contributed by atoms with Crippen LogP contribution in [0.1, 0.15) is 20.3 Å². The Morgan fingerprint density at radius 3 is 2.73 bits per heavy atom. The minimum atomic E-state index is -0.897. The maximum Gasteiger partial charge on any atom is 0.308 e. The van der Waals surface area contributed by atoms with Crippen LogP contribution in [-0.2, 0) is 14.3 Å². The Bertz CT molecular complexity index is 254. The van der Waals surface area contributed by atoms with Gasteiger partial charge < -0.3 is 15.2 Å². The summed E-state index contributed by atoms with van der Waals surface area (Å²) >= 11 is 0. The van der Waals surface area contributed by atoms with Crippen molar-refractivity contribution in [3.05, 3.63) is 0 Å². The van der Waals surface area contributed by atoms with Gasteiger partial charge in [-0.05, 0) is 13.3 Å². The summed E-state index contributed by atoms with van der Waals surface area (Å²) in [6.07, 6.45) is 0.652. The lowest BCUT2D eigenvalue weighted by atomic mass is 10.0. The first kappa shape index (κ1) is 12.0. The van der Waals surface area contributed by atoms with E-state index in [9.17, 15) is 9.59 Å². The van der Waals surface area contributed by atoms with Gasteiger partial charge in [-0.1, -0.05) is 6.92 Å². The number of aliphatic carboxylic acids is 1. The van der Waals surface area contributed by atoms with Crippen molar-refractivity contribution in [1.29, 1.82) is 0 Å². The Balaban J connectivity index is 2.32. The van der Waals surface area contributed by atoms with E-state index in [2.05, 4.69) is 5.32 Å². The van der Waals surface area contributed by atoms with Crippen molar-refractivity contribution in [3.63, 3.8) is 0 Å². The molecule has 5 heteroatoms. The van der Waals surface area contributed by atoms with E-state index in [1.807, 2.05) is 6.92 Å².